The summed E-state index contributed by atoms with van der Waals surface area (Å²) in [6.45, 7) is 3.90. The van der Waals surface area contributed by atoms with Crippen molar-refractivity contribution in [2.75, 3.05) is 0 Å². The van der Waals surface area contributed by atoms with Crippen LogP contribution in [0.3, 0.4) is 0 Å². The van der Waals surface area contributed by atoms with Crippen LogP contribution in [-0.4, -0.2) is 15.0 Å². The quantitative estimate of drug-likeness (QED) is 0.613. The van der Waals surface area contributed by atoms with Gasteiger partial charge in [0.05, 0.1) is 15.5 Å². The van der Waals surface area contributed by atoms with E-state index in [1.165, 1.54) is 0 Å². The molecule has 0 aliphatic carbocycles. The largest absolute Gasteiger partial charge is 0.238 e. The van der Waals surface area contributed by atoms with Crippen molar-refractivity contribution in [3.8, 4) is 11.5 Å². The molecule has 0 saturated carbocycles. The van der Waals surface area contributed by atoms with Gasteiger partial charge >= 0.3 is 0 Å². The van der Waals surface area contributed by atoms with Gasteiger partial charge in [-0.15, -0.1) is 11.3 Å². The highest BCUT2D eigenvalue weighted by Gasteiger charge is 2.13. The molecule has 0 amide bonds. The van der Waals surface area contributed by atoms with Gasteiger partial charge in [-0.1, -0.05) is 29.3 Å². The Hall–Kier alpha value is -1.23. The Balaban J connectivity index is 2.33. The lowest BCUT2D eigenvalue weighted by molar-refractivity contribution is 1.17. The summed E-state index contributed by atoms with van der Waals surface area (Å²) in [6.07, 6.45) is 0. The maximum absolute atomic E-state index is 6.26. The van der Waals surface area contributed by atoms with Crippen molar-refractivity contribution in [3.63, 3.8) is 0 Å². The minimum atomic E-state index is 0.408. The van der Waals surface area contributed by atoms with Crippen LogP contribution in [0.5, 0.6) is 0 Å². The molecule has 2 heterocycles. The zero-order valence-electron chi connectivity index (χ0n) is 10.2. The summed E-state index contributed by atoms with van der Waals surface area (Å²) in [5, 5.41) is 4.65. The molecule has 3 rings (SSSR count). The molecule has 0 bridgehead atoms. The topological polar surface area (TPSA) is 38.7 Å². The average molecular weight is 310 g/mol. The van der Waals surface area contributed by atoms with Crippen molar-refractivity contribution in [1.29, 1.82) is 0 Å². The van der Waals surface area contributed by atoms with E-state index in [-0.39, 0.29) is 0 Å². The molecule has 3 nitrogen and oxygen atoms in total. The van der Waals surface area contributed by atoms with Crippen LogP contribution in [-0.2, 0) is 0 Å². The van der Waals surface area contributed by atoms with Crippen molar-refractivity contribution in [3.05, 3.63) is 38.3 Å². The molecule has 96 valence electrons. The van der Waals surface area contributed by atoms with Crippen molar-refractivity contribution in [2.24, 2.45) is 0 Å². The van der Waals surface area contributed by atoms with Crippen molar-refractivity contribution in [2.45, 2.75) is 13.8 Å². The Kier molecular flexibility index (Phi) is 3.17. The predicted molar refractivity (Wildman–Crippen MR) is 80.1 cm³/mol. The van der Waals surface area contributed by atoms with Crippen molar-refractivity contribution < 1.29 is 0 Å². The first-order valence-corrected chi connectivity index (χ1v) is 7.24. The first-order valence-electron chi connectivity index (χ1n) is 5.61. The van der Waals surface area contributed by atoms with E-state index in [1.54, 1.807) is 11.3 Å². The van der Waals surface area contributed by atoms with Crippen LogP contribution in [0.25, 0.3) is 22.4 Å². The summed E-state index contributed by atoms with van der Waals surface area (Å²) < 4.78 is 0. The number of halogens is 2. The molecule has 0 fully saturated rings. The molecular formula is C13H9Cl2N3S. The summed E-state index contributed by atoms with van der Waals surface area (Å²) in [5.41, 5.74) is 2.40. The highest BCUT2D eigenvalue weighted by molar-refractivity contribution is 7.09. The molecule has 1 aromatic carbocycles. The van der Waals surface area contributed by atoms with Gasteiger partial charge in [0, 0.05) is 10.8 Å². The van der Waals surface area contributed by atoms with Crippen LogP contribution < -0.4 is 0 Å². The number of rotatable bonds is 1. The minimum absolute atomic E-state index is 0.408. The summed E-state index contributed by atoms with van der Waals surface area (Å²) in [5.74, 6) is 0.509. The van der Waals surface area contributed by atoms with E-state index in [9.17, 15) is 0 Å². The van der Waals surface area contributed by atoms with Crippen LogP contribution in [0, 0.1) is 13.8 Å². The molecule has 19 heavy (non-hydrogen) atoms. The Morgan fingerprint density at radius 2 is 1.84 bits per heavy atom. The second-order valence-electron chi connectivity index (χ2n) is 4.18. The molecule has 0 atom stereocenters. The molecule has 0 spiro atoms. The lowest BCUT2D eigenvalue weighted by Crippen LogP contribution is -1.94. The van der Waals surface area contributed by atoms with Crippen molar-refractivity contribution in [1.82, 2.24) is 15.0 Å². The Morgan fingerprint density at radius 3 is 2.53 bits per heavy atom. The maximum atomic E-state index is 6.26. The SMILES string of the molecule is Cc1nc(-c2nc(Cl)c3c(C)ccc(Cl)c3n2)cs1. The first kappa shape index (κ1) is 12.8. The average Bonchev–Trinajstić information content (AvgIpc) is 2.80. The smallest absolute Gasteiger partial charge is 0.181 e. The summed E-state index contributed by atoms with van der Waals surface area (Å²) in [7, 11) is 0. The standard InChI is InChI=1S/C13H9Cl2N3S/c1-6-3-4-8(14)11-10(6)12(15)18-13(17-11)9-5-19-7(2)16-9/h3-5H,1-2H3. The van der Waals surface area contributed by atoms with Gasteiger partial charge in [-0.25, -0.2) is 15.0 Å². The van der Waals surface area contributed by atoms with Crippen LogP contribution in [0.4, 0.5) is 0 Å². The lowest BCUT2D eigenvalue weighted by atomic mass is 10.1. The molecule has 0 N–H and O–H groups in total. The number of aromatic nitrogens is 3. The van der Waals surface area contributed by atoms with E-state index >= 15 is 0 Å². The van der Waals surface area contributed by atoms with Gasteiger partial charge in [-0.3, -0.25) is 0 Å². The number of nitrogens with zero attached hydrogens (tertiary/aromatic N) is 3. The van der Waals surface area contributed by atoms with E-state index < -0.39 is 0 Å². The number of benzene rings is 1. The van der Waals surface area contributed by atoms with Gasteiger partial charge in [-0.2, -0.15) is 0 Å². The number of fused-ring (bicyclic) bond motifs is 1. The zero-order valence-corrected chi connectivity index (χ0v) is 12.6. The molecule has 0 aliphatic heterocycles. The fourth-order valence-electron chi connectivity index (χ4n) is 1.90. The van der Waals surface area contributed by atoms with Gasteiger partial charge in [-0.05, 0) is 25.5 Å². The van der Waals surface area contributed by atoms with E-state index in [0.717, 1.165) is 21.7 Å². The van der Waals surface area contributed by atoms with E-state index in [1.807, 2.05) is 31.4 Å². The molecular weight excluding hydrogens is 301 g/mol. The van der Waals surface area contributed by atoms with E-state index in [0.29, 0.717) is 21.5 Å². The second kappa shape index (κ2) is 4.71. The molecule has 2 aromatic heterocycles. The predicted octanol–water partition coefficient (Wildman–Crippen LogP) is 4.68. The zero-order chi connectivity index (χ0) is 13.6. The Morgan fingerprint density at radius 1 is 1.05 bits per heavy atom. The molecule has 0 radical (unpaired) electrons. The minimum Gasteiger partial charge on any atom is -0.238 e. The Bertz CT molecular complexity index is 783. The molecule has 3 aromatic rings. The van der Waals surface area contributed by atoms with Crippen molar-refractivity contribution >= 4 is 45.4 Å². The van der Waals surface area contributed by atoms with Gasteiger partial charge < -0.3 is 0 Å². The van der Waals surface area contributed by atoms with E-state index in [2.05, 4.69) is 15.0 Å². The molecule has 0 aliphatic rings. The van der Waals surface area contributed by atoms with Gasteiger partial charge in [0.15, 0.2) is 5.82 Å². The van der Waals surface area contributed by atoms with Gasteiger partial charge in [0.1, 0.15) is 10.8 Å². The third kappa shape index (κ3) is 2.20. The van der Waals surface area contributed by atoms with Gasteiger partial charge in [0.25, 0.3) is 0 Å². The highest BCUT2D eigenvalue weighted by Crippen LogP contribution is 2.31. The van der Waals surface area contributed by atoms with Crippen LogP contribution in [0.1, 0.15) is 10.6 Å². The van der Waals surface area contributed by atoms with Crippen LogP contribution in [0.15, 0.2) is 17.5 Å². The molecule has 0 saturated heterocycles. The molecule has 6 heteroatoms. The number of hydrogen-bond donors (Lipinski definition) is 0. The normalized spacial score (nSPS) is 11.2. The fraction of sp³-hybridized carbons (Fsp3) is 0.154. The number of aryl methyl sites for hydroxylation is 2. The fourth-order valence-corrected chi connectivity index (χ4v) is 3.01. The highest BCUT2D eigenvalue weighted by atomic mass is 35.5. The van der Waals surface area contributed by atoms with Gasteiger partial charge in [0.2, 0.25) is 0 Å². The van der Waals surface area contributed by atoms with Crippen LogP contribution >= 0.6 is 34.5 Å². The lowest BCUT2D eigenvalue weighted by Gasteiger charge is -2.06. The molecule has 0 unspecified atom stereocenters. The van der Waals surface area contributed by atoms with E-state index in [4.69, 9.17) is 23.2 Å². The Labute approximate surface area is 124 Å². The van der Waals surface area contributed by atoms with Crippen LogP contribution in [0.2, 0.25) is 10.2 Å². The second-order valence-corrected chi connectivity index (χ2v) is 6.01. The summed E-state index contributed by atoms with van der Waals surface area (Å²) in [6, 6.07) is 3.73. The first-order chi connectivity index (χ1) is 9.06. The maximum Gasteiger partial charge on any atom is 0.181 e. The number of thiazole rings is 1. The third-order valence-corrected chi connectivity index (χ3v) is 4.17. The monoisotopic (exact) mass is 309 g/mol. The summed E-state index contributed by atoms with van der Waals surface area (Å²) >= 11 is 14.0. The summed E-state index contributed by atoms with van der Waals surface area (Å²) in [4.78, 5) is 13.2. The third-order valence-electron chi connectivity index (χ3n) is 2.81. The number of hydrogen-bond acceptors (Lipinski definition) is 4.